The van der Waals surface area contributed by atoms with Gasteiger partial charge in [0.1, 0.15) is 0 Å². The van der Waals surface area contributed by atoms with Crippen LogP contribution in [0.1, 0.15) is 45.9 Å². The molecule has 3 nitrogen and oxygen atoms in total. The van der Waals surface area contributed by atoms with Crippen molar-refractivity contribution in [1.29, 1.82) is 0 Å². The molecule has 0 aliphatic heterocycles. The van der Waals surface area contributed by atoms with Crippen molar-refractivity contribution in [2.24, 2.45) is 5.73 Å². The molecule has 0 aliphatic carbocycles. The SMILES string of the molecule is C=CCN(c1ccc(C(N)CC)nc1)C(C)(C)C. The molecule has 1 unspecified atom stereocenters. The molecule has 0 radical (unpaired) electrons. The molecular weight excluding hydrogens is 222 g/mol. The molecule has 0 fully saturated rings. The van der Waals surface area contributed by atoms with E-state index in [1.807, 2.05) is 18.3 Å². The molecule has 0 saturated carbocycles. The molecule has 18 heavy (non-hydrogen) atoms. The summed E-state index contributed by atoms with van der Waals surface area (Å²) in [6, 6.07) is 4.14. The third-order valence-corrected chi connectivity index (χ3v) is 3.02. The average Bonchev–Trinajstić information content (AvgIpc) is 2.34. The second kappa shape index (κ2) is 6.01. The van der Waals surface area contributed by atoms with Crippen LogP contribution >= 0.6 is 0 Å². The smallest absolute Gasteiger partial charge is 0.0572 e. The number of anilines is 1. The molecule has 1 aromatic heterocycles. The van der Waals surface area contributed by atoms with Crippen molar-refractivity contribution in [3.63, 3.8) is 0 Å². The molecule has 3 heteroatoms. The lowest BCUT2D eigenvalue weighted by Crippen LogP contribution is -2.41. The third-order valence-electron chi connectivity index (χ3n) is 3.02. The van der Waals surface area contributed by atoms with Crippen molar-refractivity contribution in [1.82, 2.24) is 4.98 Å². The van der Waals surface area contributed by atoms with E-state index in [1.165, 1.54) is 0 Å². The highest BCUT2D eigenvalue weighted by Gasteiger charge is 2.20. The van der Waals surface area contributed by atoms with Gasteiger partial charge in [0.2, 0.25) is 0 Å². The van der Waals surface area contributed by atoms with Crippen LogP contribution in [0.15, 0.2) is 31.0 Å². The van der Waals surface area contributed by atoms with Crippen LogP contribution in [0, 0.1) is 0 Å². The monoisotopic (exact) mass is 247 g/mol. The lowest BCUT2D eigenvalue weighted by molar-refractivity contribution is 0.521. The lowest BCUT2D eigenvalue weighted by atomic mass is 10.0. The zero-order valence-electron chi connectivity index (χ0n) is 12.0. The van der Waals surface area contributed by atoms with Gasteiger partial charge in [0.05, 0.1) is 17.6 Å². The second-order valence-electron chi connectivity index (χ2n) is 5.53. The largest absolute Gasteiger partial charge is 0.362 e. The van der Waals surface area contributed by atoms with E-state index in [4.69, 9.17) is 5.73 Å². The van der Waals surface area contributed by atoms with Gasteiger partial charge in [0.15, 0.2) is 0 Å². The van der Waals surface area contributed by atoms with Crippen LogP contribution in [0.4, 0.5) is 5.69 Å². The molecule has 1 heterocycles. The lowest BCUT2D eigenvalue weighted by Gasteiger charge is -2.36. The first-order chi connectivity index (χ1) is 8.40. The van der Waals surface area contributed by atoms with Gasteiger partial charge in [-0.25, -0.2) is 0 Å². The Labute approximate surface area is 111 Å². The van der Waals surface area contributed by atoms with Gasteiger partial charge in [-0.05, 0) is 39.3 Å². The molecule has 1 aromatic rings. The maximum absolute atomic E-state index is 5.97. The second-order valence-corrected chi connectivity index (χ2v) is 5.53. The Morgan fingerprint density at radius 3 is 2.50 bits per heavy atom. The molecule has 0 saturated heterocycles. The Kier molecular flexibility index (Phi) is 4.91. The molecule has 0 spiro atoms. The number of hydrogen-bond acceptors (Lipinski definition) is 3. The van der Waals surface area contributed by atoms with Crippen LogP contribution in [0.25, 0.3) is 0 Å². The fraction of sp³-hybridized carbons (Fsp3) is 0.533. The van der Waals surface area contributed by atoms with E-state index in [-0.39, 0.29) is 11.6 Å². The maximum atomic E-state index is 5.97. The minimum absolute atomic E-state index is 0.0292. The third kappa shape index (κ3) is 3.57. The number of hydrogen-bond donors (Lipinski definition) is 1. The van der Waals surface area contributed by atoms with Gasteiger partial charge in [-0.1, -0.05) is 13.0 Å². The minimum atomic E-state index is 0.0292. The minimum Gasteiger partial charge on any atom is -0.362 e. The Morgan fingerprint density at radius 2 is 2.11 bits per heavy atom. The van der Waals surface area contributed by atoms with Crippen molar-refractivity contribution in [2.45, 2.75) is 45.7 Å². The quantitative estimate of drug-likeness (QED) is 0.812. The molecule has 0 amide bonds. The Morgan fingerprint density at radius 1 is 1.44 bits per heavy atom. The van der Waals surface area contributed by atoms with E-state index in [0.29, 0.717) is 0 Å². The topological polar surface area (TPSA) is 42.1 Å². The molecule has 1 rings (SSSR count). The van der Waals surface area contributed by atoms with Crippen LogP contribution in [0.3, 0.4) is 0 Å². The van der Waals surface area contributed by atoms with Crippen molar-refractivity contribution in [3.8, 4) is 0 Å². The molecule has 0 bridgehead atoms. The number of nitrogens with two attached hydrogens (primary N) is 1. The summed E-state index contributed by atoms with van der Waals surface area (Å²) < 4.78 is 0. The zero-order valence-corrected chi connectivity index (χ0v) is 12.0. The van der Waals surface area contributed by atoms with E-state index >= 15 is 0 Å². The maximum Gasteiger partial charge on any atom is 0.0572 e. The molecule has 1 atom stereocenters. The summed E-state index contributed by atoms with van der Waals surface area (Å²) in [6.07, 6.45) is 4.72. The highest BCUT2D eigenvalue weighted by molar-refractivity contribution is 5.47. The summed E-state index contributed by atoms with van der Waals surface area (Å²) in [5.74, 6) is 0. The molecule has 0 aliphatic rings. The first-order valence-electron chi connectivity index (χ1n) is 6.50. The van der Waals surface area contributed by atoms with E-state index in [2.05, 4.69) is 50.2 Å². The van der Waals surface area contributed by atoms with Crippen molar-refractivity contribution in [3.05, 3.63) is 36.7 Å². The van der Waals surface area contributed by atoms with E-state index in [1.54, 1.807) is 0 Å². The zero-order chi connectivity index (χ0) is 13.8. The molecule has 2 N–H and O–H groups in total. The highest BCUT2D eigenvalue weighted by Crippen LogP contribution is 2.24. The van der Waals surface area contributed by atoms with E-state index in [0.717, 1.165) is 24.3 Å². The Hall–Kier alpha value is -1.35. The summed E-state index contributed by atoms with van der Waals surface area (Å²) in [7, 11) is 0. The summed E-state index contributed by atoms with van der Waals surface area (Å²) >= 11 is 0. The number of aromatic nitrogens is 1. The molecule has 100 valence electrons. The summed E-state index contributed by atoms with van der Waals surface area (Å²) in [4.78, 5) is 6.74. The Bertz CT molecular complexity index is 376. The predicted octanol–water partition coefficient (Wildman–Crippen LogP) is 3.28. The number of pyridine rings is 1. The van der Waals surface area contributed by atoms with Gasteiger partial charge in [-0.3, -0.25) is 4.98 Å². The van der Waals surface area contributed by atoms with E-state index in [9.17, 15) is 0 Å². The van der Waals surface area contributed by atoms with Gasteiger partial charge in [0, 0.05) is 18.1 Å². The first kappa shape index (κ1) is 14.7. The van der Waals surface area contributed by atoms with Crippen LogP contribution < -0.4 is 10.6 Å². The highest BCUT2D eigenvalue weighted by atomic mass is 15.2. The van der Waals surface area contributed by atoms with Gasteiger partial charge in [0.25, 0.3) is 0 Å². The van der Waals surface area contributed by atoms with Gasteiger partial charge < -0.3 is 10.6 Å². The molecule has 0 aromatic carbocycles. The van der Waals surface area contributed by atoms with Crippen molar-refractivity contribution >= 4 is 5.69 Å². The predicted molar refractivity (Wildman–Crippen MR) is 78.8 cm³/mol. The van der Waals surface area contributed by atoms with Crippen LogP contribution in [-0.4, -0.2) is 17.1 Å². The van der Waals surface area contributed by atoms with Gasteiger partial charge >= 0.3 is 0 Å². The summed E-state index contributed by atoms with van der Waals surface area (Å²) in [5, 5.41) is 0. The average molecular weight is 247 g/mol. The van der Waals surface area contributed by atoms with Crippen molar-refractivity contribution in [2.75, 3.05) is 11.4 Å². The van der Waals surface area contributed by atoms with Gasteiger partial charge in [-0.15, -0.1) is 6.58 Å². The summed E-state index contributed by atoms with van der Waals surface area (Å²) in [6.45, 7) is 13.2. The Balaban J connectivity index is 2.97. The normalized spacial score (nSPS) is 13.2. The van der Waals surface area contributed by atoms with Crippen LogP contribution in [0.5, 0.6) is 0 Å². The van der Waals surface area contributed by atoms with Crippen molar-refractivity contribution < 1.29 is 0 Å². The molecular formula is C15H25N3. The first-order valence-corrected chi connectivity index (χ1v) is 6.50. The summed E-state index contributed by atoms with van der Waals surface area (Å²) in [5.41, 5.74) is 8.08. The van der Waals surface area contributed by atoms with Gasteiger partial charge in [-0.2, -0.15) is 0 Å². The fourth-order valence-corrected chi connectivity index (χ4v) is 1.88. The van der Waals surface area contributed by atoms with E-state index < -0.39 is 0 Å². The number of nitrogens with zero attached hydrogens (tertiary/aromatic N) is 2. The number of rotatable bonds is 5. The van der Waals surface area contributed by atoms with Crippen LogP contribution in [-0.2, 0) is 0 Å². The standard InChI is InChI=1S/C15H25N3/c1-6-10-18(15(3,4)5)12-8-9-14(17-11-12)13(16)7-2/h6,8-9,11,13H,1,7,10,16H2,2-5H3. The fourth-order valence-electron chi connectivity index (χ4n) is 1.88. The van der Waals surface area contributed by atoms with Crippen LogP contribution in [0.2, 0.25) is 0 Å².